The molecule has 0 saturated heterocycles. The third kappa shape index (κ3) is 1.85. The van der Waals surface area contributed by atoms with Crippen molar-refractivity contribution in [3.63, 3.8) is 0 Å². The van der Waals surface area contributed by atoms with Gasteiger partial charge < -0.3 is 0 Å². The van der Waals surface area contributed by atoms with Gasteiger partial charge in [-0.25, -0.2) is 0 Å². The van der Waals surface area contributed by atoms with Crippen LogP contribution in [0.4, 0.5) is 11.4 Å². The van der Waals surface area contributed by atoms with Crippen molar-refractivity contribution in [1.82, 2.24) is 0 Å². The minimum absolute atomic E-state index is 1.02. The SMILES string of the molecule is c1ccc(-c2sc(-c3ccccc3)c3c2N=S=N3)cc1. The van der Waals surface area contributed by atoms with E-state index in [9.17, 15) is 0 Å². The molecule has 0 amide bonds. The predicted molar refractivity (Wildman–Crippen MR) is 86.7 cm³/mol. The Labute approximate surface area is 124 Å². The Morgan fingerprint density at radius 1 is 0.600 bits per heavy atom. The summed E-state index contributed by atoms with van der Waals surface area (Å²) in [6, 6.07) is 20.8. The lowest BCUT2D eigenvalue weighted by molar-refractivity contribution is 1.59. The van der Waals surface area contributed by atoms with Crippen LogP contribution in [0.15, 0.2) is 69.4 Å². The highest BCUT2D eigenvalue weighted by Gasteiger charge is 2.21. The van der Waals surface area contributed by atoms with Gasteiger partial charge in [0.15, 0.2) is 0 Å². The van der Waals surface area contributed by atoms with E-state index in [2.05, 4.69) is 57.3 Å². The molecule has 1 aliphatic heterocycles. The second-order valence-corrected chi connectivity index (χ2v) is 6.00. The molecular weight excluding hydrogens is 284 g/mol. The maximum absolute atomic E-state index is 4.48. The van der Waals surface area contributed by atoms with Crippen LogP contribution in [0.25, 0.3) is 20.9 Å². The number of benzene rings is 2. The molecule has 0 saturated carbocycles. The maximum atomic E-state index is 4.48. The summed E-state index contributed by atoms with van der Waals surface area (Å²) in [7, 11) is 0. The first-order valence-corrected chi connectivity index (χ1v) is 7.84. The molecule has 0 unspecified atom stereocenters. The van der Waals surface area contributed by atoms with Gasteiger partial charge in [-0.3, -0.25) is 0 Å². The standard InChI is InChI=1S/C16H10N2S2/c1-3-7-11(8-4-1)15-13-14(18-20-17-13)16(19-15)12-9-5-2-6-10-12/h1-10H. The van der Waals surface area contributed by atoms with E-state index in [0.29, 0.717) is 0 Å². The summed E-state index contributed by atoms with van der Waals surface area (Å²) in [5.74, 6) is 0. The average molecular weight is 294 g/mol. The third-order valence-electron chi connectivity index (χ3n) is 3.19. The first kappa shape index (κ1) is 11.8. The van der Waals surface area contributed by atoms with E-state index in [0.717, 1.165) is 11.4 Å². The zero-order valence-corrected chi connectivity index (χ0v) is 12.1. The van der Waals surface area contributed by atoms with Crippen molar-refractivity contribution >= 4 is 34.1 Å². The predicted octanol–water partition coefficient (Wildman–Crippen LogP) is 5.81. The molecule has 2 aromatic carbocycles. The molecule has 0 radical (unpaired) electrons. The smallest absolute Gasteiger partial charge is 0.124 e. The molecule has 3 aromatic rings. The number of rotatable bonds is 2. The average Bonchev–Trinajstić information content (AvgIpc) is 3.11. The fourth-order valence-electron chi connectivity index (χ4n) is 2.26. The Bertz CT molecular complexity index is 764. The van der Waals surface area contributed by atoms with Crippen LogP contribution in [-0.2, 0) is 11.4 Å². The van der Waals surface area contributed by atoms with Crippen molar-refractivity contribution in [2.75, 3.05) is 0 Å². The Morgan fingerprint density at radius 3 is 1.50 bits per heavy atom. The molecule has 96 valence electrons. The van der Waals surface area contributed by atoms with E-state index < -0.39 is 0 Å². The molecule has 0 aliphatic carbocycles. The molecule has 0 atom stereocenters. The van der Waals surface area contributed by atoms with Gasteiger partial charge in [-0.2, -0.15) is 8.73 Å². The maximum Gasteiger partial charge on any atom is 0.124 e. The molecule has 0 spiro atoms. The van der Waals surface area contributed by atoms with Crippen LogP contribution in [-0.4, -0.2) is 0 Å². The van der Waals surface area contributed by atoms with E-state index in [1.807, 2.05) is 12.1 Å². The van der Waals surface area contributed by atoms with Gasteiger partial charge in [0.25, 0.3) is 0 Å². The van der Waals surface area contributed by atoms with Crippen molar-refractivity contribution in [2.45, 2.75) is 0 Å². The van der Waals surface area contributed by atoms with Gasteiger partial charge in [-0.1, -0.05) is 60.7 Å². The number of hydrogen-bond acceptors (Lipinski definition) is 3. The second-order valence-electron chi connectivity index (χ2n) is 4.45. The normalized spacial score (nSPS) is 12.2. The minimum atomic E-state index is 1.02. The summed E-state index contributed by atoms with van der Waals surface area (Å²) < 4.78 is 8.96. The Kier molecular flexibility index (Phi) is 2.83. The largest absolute Gasteiger partial charge is 0.171 e. The van der Waals surface area contributed by atoms with Gasteiger partial charge >= 0.3 is 0 Å². The molecule has 1 aromatic heterocycles. The van der Waals surface area contributed by atoms with Gasteiger partial charge in [0.1, 0.15) is 11.4 Å². The van der Waals surface area contributed by atoms with Crippen LogP contribution in [0.3, 0.4) is 0 Å². The quantitative estimate of drug-likeness (QED) is 0.446. The van der Waals surface area contributed by atoms with Crippen LogP contribution in [0.1, 0.15) is 0 Å². The highest BCUT2D eigenvalue weighted by atomic mass is 32.1. The molecule has 0 N–H and O–H groups in total. The summed E-state index contributed by atoms with van der Waals surface area (Å²) in [5, 5.41) is 0. The van der Waals surface area contributed by atoms with Gasteiger partial charge in [0.05, 0.1) is 21.1 Å². The third-order valence-corrected chi connectivity index (χ3v) is 4.99. The Morgan fingerprint density at radius 2 is 1.05 bits per heavy atom. The molecule has 4 rings (SSSR count). The summed E-state index contributed by atoms with van der Waals surface area (Å²) in [5.41, 5.74) is 4.45. The molecule has 0 bridgehead atoms. The lowest BCUT2D eigenvalue weighted by Gasteiger charge is -1.97. The number of nitrogens with zero attached hydrogens (tertiary/aromatic N) is 2. The van der Waals surface area contributed by atoms with Crippen molar-refractivity contribution in [2.24, 2.45) is 8.73 Å². The van der Waals surface area contributed by atoms with E-state index in [1.165, 1.54) is 32.2 Å². The minimum Gasteiger partial charge on any atom is -0.171 e. The van der Waals surface area contributed by atoms with Crippen molar-refractivity contribution in [1.29, 1.82) is 0 Å². The van der Waals surface area contributed by atoms with Gasteiger partial charge in [-0.05, 0) is 11.1 Å². The summed E-state index contributed by atoms with van der Waals surface area (Å²) in [4.78, 5) is 2.40. The van der Waals surface area contributed by atoms with E-state index in [1.54, 1.807) is 11.3 Å². The Hall–Kier alpha value is -2.04. The highest BCUT2D eigenvalue weighted by molar-refractivity contribution is 7.58. The van der Waals surface area contributed by atoms with Crippen LogP contribution >= 0.6 is 11.3 Å². The van der Waals surface area contributed by atoms with Gasteiger partial charge in [0.2, 0.25) is 0 Å². The molecule has 1 aliphatic rings. The van der Waals surface area contributed by atoms with Gasteiger partial charge in [-0.15, -0.1) is 11.3 Å². The monoisotopic (exact) mass is 294 g/mol. The van der Waals surface area contributed by atoms with E-state index in [4.69, 9.17) is 0 Å². The van der Waals surface area contributed by atoms with Crippen LogP contribution in [0.2, 0.25) is 0 Å². The zero-order chi connectivity index (χ0) is 13.4. The first-order valence-electron chi connectivity index (χ1n) is 6.29. The summed E-state index contributed by atoms with van der Waals surface area (Å²) in [6.07, 6.45) is 0. The van der Waals surface area contributed by atoms with Crippen molar-refractivity contribution < 1.29 is 0 Å². The second kappa shape index (κ2) is 4.81. The van der Waals surface area contributed by atoms with Crippen molar-refractivity contribution in [3.05, 3.63) is 60.7 Å². The molecule has 0 fully saturated rings. The number of thiophene rings is 1. The van der Waals surface area contributed by atoms with Gasteiger partial charge in [0, 0.05) is 0 Å². The zero-order valence-electron chi connectivity index (χ0n) is 10.5. The first-order chi connectivity index (χ1) is 9.93. The highest BCUT2D eigenvalue weighted by Crippen LogP contribution is 2.53. The van der Waals surface area contributed by atoms with Crippen LogP contribution in [0, 0.1) is 0 Å². The number of fused-ring (bicyclic) bond motifs is 1. The molecule has 4 heteroatoms. The molecule has 2 heterocycles. The molecular formula is C16H10N2S2. The van der Waals surface area contributed by atoms with E-state index in [-0.39, 0.29) is 0 Å². The fourth-order valence-corrected chi connectivity index (χ4v) is 4.12. The van der Waals surface area contributed by atoms with Crippen LogP contribution in [0.5, 0.6) is 0 Å². The summed E-state index contributed by atoms with van der Waals surface area (Å²) >= 11 is 3.05. The summed E-state index contributed by atoms with van der Waals surface area (Å²) in [6.45, 7) is 0. The lowest BCUT2D eigenvalue weighted by atomic mass is 10.1. The Balaban J connectivity index is 1.94. The lowest BCUT2D eigenvalue weighted by Crippen LogP contribution is -1.70. The van der Waals surface area contributed by atoms with Crippen molar-refractivity contribution in [3.8, 4) is 20.9 Å². The number of hydrogen-bond donors (Lipinski definition) is 0. The van der Waals surface area contributed by atoms with Crippen LogP contribution < -0.4 is 0 Å². The molecule has 20 heavy (non-hydrogen) atoms. The fraction of sp³-hybridized carbons (Fsp3) is 0. The van der Waals surface area contributed by atoms with E-state index >= 15 is 0 Å². The molecule has 2 nitrogen and oxygen atoms in total. The topological polar surface area (TPSA) is 24.7 Å².